The van der Waals surface area contributed by atoms with Crippen molar-refractivity contribution in [3.63, 3.8) is 0 Å². The van der Waals surface area contributed by atoms with Crippen LogP contribution in [0.25, 0.3) is 5.69 Å². The highest BCUT2D eigenvalue weighted by molar-refractivity contribution is 5.94. The van der Waals surface area contributed by atoms with Gasteiger partial charge in [0.2, 0.25) is 0 Å². The molecule has 0 spiro atoms. The molecule has 0 bridgehead atoms. The number of aryl methyl sites for hydroxylation is 3. The van der Waals surface area contributed by atoms with E-state index >= 15 is 0 Å². The molecule has 2 aromatic carbocycles. The molecule has 0 fully saturated rings. The van der Waals surface area contributed by atoms with Crippen LogP contribution in [0.3, 0.4) is 0 Å². The van der Waals surface area contributed by atoms with Crippen molar-refractivity contribution in [3.8, 4) is 5.69 Å². The fourth-order valence-corrected chi connectivity index (χ4v) is 3.97. The lowest BCUT2D eigenvalue weighted by Crippen LogP contribution is -2.29. The second-order valence-electron chi connectivity index (χ2n) is 8.40. The van der Waals surface area contributed by atoms with Crippen LogP contribution in [-0.4, -0.2) is 26.6 Å². The molecular formula is C27H28N4O2. The van der Waals surface area contributed by atoms with E-state index in [4.69, 9.17) is 0 Å². The summed E-state index contributed by atoms with van der Waals surface area (Å²) in [6.07, 6.45) is 4.29. The van der Waals surface area contributed by atoms with E-state index in [0.717, 1.165) is 23.5 Å². The van der Waals surface area contributed by atoms with Crippen LogP contribution in [0.1, 0.15) is 38.4 Å². The second-order valence-corrected chi connectivity index (χ2v) is 8.40. The maximum atomic E-state index is 12.7. The number of carbonyl (C=O) groups excluding carboxylic acids is 1. The minimum atomic E-state index is -0.254. The molecule has 168 valence electrons. The minimum absolute atomic E-state index is 0.222. The van der Waals surface area contributed by atoms with Crippen LogP contribution < -0.4 is 10.9 Å². The Morgan fingerprint density at radius 2 is 1.76 bits per heavy atom. The van der Waals surface area contributed by atoms with Crippen LogP contribution in [0.5, 0.6) is 0 Å². The van der Waals surface area contributed by atoms with Gasteiger partial charge in [-0.2, -0.15) is 0 Å². The summed E-state index contributed by atoms with van der Waals surface area (Å²) in [5.41, 5.74) is 6.26. The van der Waals surface area contributed by atoms with Crippen molar-refractivity contribution in [1.82, 2.24) is 19.4 Å². The summed E-state index contributed by atoms with van der Waals surface area (Å²) in [5, 5.41) is 2.93. The molecule has 0 aliphatic heterocycles. The summed E-state index contributed by atoms with van der Waals surface area (Å²) in [6, 6.07) is 19.3. The maximum absolute atomic E-state index is 12.7. The molecule has 2 heterocycles. The predicted molar refractivity (Wildman–Crippen MR) is 130 cm³/mol. The molecule has 6 nitrogen and oxygen atoms in total. The van der Waals surface area contributed by atoms with Gasteiger partial charge in [0.15, 0.2) is 0 Å². The highest BCUT2D eigenvalue weighted by Crippen LogP contribution is 2.12. The molecule has 0 aliphatic rings. The Kier molecular flexibility index (Phi) is 6.54. The van der Waals surface area contributed by atoms with E-state index in [1.807, 2.05) is 50.6 Å². The smallest absolute Gasteiger partial charge is 0.256 e. The number of hydrogen-bond donors (Lipinski definition) is 1. The summed E-state index contributed by atoms with van der Waals surface area (Å²) in [5.74, 6) is -0.254. The number of amides is 1. The number of hydrogen-bond acceptors (Lipinski definition) is 3. The Hall–Kier alpha value is -3.93. The number of carbonyl (C=O) groups is 1. The summed E-state index contributed by atoms with van der Waals surface area (Å²) in [6.45, 7) is 7.11. The SMILES string of the molecule is Cc1ccc(-n2c(C)cc(C(=O)NCCc3cncn3Cc3cccc(C)c3)cc2=O)cc1. The fourth-order valence-electron chi connectivity index (χ4n) is 3.97. The van der Waals surface area contributed by atoms with E-state index in [2.05, 4.69) is 46.1 Å². The molecule has 0 unspecified atom stereocenters. The number of benzene rings is 2. The normalized spacial score (nSPS) is 10.9. The van der Waals surface area contributed by atoms with Crippen LogP contribution in [0.15, 0.2) is 78.0 Å². The average Bonchev–Trinajstić information content (AvgIpc) is 3.21. The first-order valence-electron chi connectivity index (χ1n) is 11.0. The van der Waals surface area contributed by atoms with Crippen molar-refractivity contribution in [2.24, 2.45) is 0 Å². The van der Waals surface area contributed by atoms with Crippen LogP contribution >= 0.6 is 0 Å². The van der Waals surface area contributed by atoms with Crippen LogP contribution in [0.2, 0.25) is 0 Å². The zero-order valence-electron chi connectivity index (χ0n) is 19.2. The van der Waals surface area contributed by atoms with Crippen LogP contribution in [0.4, 0.5) is 0 Å². The summed E-state index contributed by atoms with van der Waals surface area (Å²) < 4.78 is 3.70. The van der Waals surface area contributed by atoms with Gasteiger partial charge in [0.25, 0.3) is 11.5 Å². The van der Waals surface area contributed by atoms with Crippen molar-refractivity contribution in [3.05, 3.63) is 117 Å². The molecule has 0 saturated carbocycles. The van der Waals surface area contributed by atoms with Gasteiger partial charge in [0, 0.05) is 54.4 Å². The molecule has 0 radical (unpaired) electrons. The summed E-state index contributed by atoms with van der Waals surface area (Å²) >= 11 is 0. The van der Waals surface area contributed by atoms with Crippen LogP contribution in [-0.2, 0) is 13.0 Å². The Labute approximate surface area is 193 Å². The van der Waals surface area contributed by atoms with E-state index in [1.165, 1.54) is 17.2 Å². The van der Waals surface area contributed by atoms with Gasteiger partial charge in [-0.3, -0.25) is 14.2 Å². The first-order chi connectivity index (χ1) is 15.9. The molecule has 33 heavy (non-hydrogen) atoms. The van der Waals surface area contributed by atoms with Gasteiger partial charge in [0.1, 0.15) is 0 Å². The van der Waals surface area contributed by atoms with Gasteiger partial charge in [-0.15, -0.1) is 0 Å². The Morgan fingerprint density at radius 3 is 2.48 bits per heavy atom. The van der Waals surface area contributed by atoms with E-state index < -0.39 is 0 Å². The maximum Gasteiger partial charge on any atom is 0.256 e. The number of nitrogens with zero attached hydrogens (tertiary/aromatic N) is 3. The predicted octanol–water partition coefficient (Wildman–Crippen LogP) is 3.98. The third-order valence-electron chi connectivity index (χ3n) is 5.67. The van der Waals surface area contributed by atoms with Crippen molar-refractivity contribution in [1.29, 1.82) is 0 Å². The highest BCUT2D eigenvalue weighted by Gasteiger charge is 2.12. The standard InChI is InChI=1S/C27H28N4O2/c1-19-7-9-24(10-8-19)31-21(3)14-23(15-26(31)32)27(33)29-12-11-25-16-28-18-30(25)17-22-6-4-5-20(2)13-22/h4-10,13-16,18H,11-12,17H2,1-3H3,(H,29,33). The first-order valence-corrected chi connectivity index (χ1v) is 11.0. The molecule has 1 N–H and O–H groups in total. The van der Waals surface area contributed by atoms with Gasteiger partial charge in [0.05, 0.1) is 6.33 Å². The van der Waals surface area contributed by atoms with Crippen LogP contribution in [0, 0.1) is 20.8 Å². The zero-order valence-corrected chi connectivity index (χ0v) is 19.2. The Bertz CT molecular complexity index is 1330. The van der Waals surface area contributed by atoms with E-state index in [9.17, 15) is 9.59 Å². The van der Waals surface area contributed by atoms with Crippen molar-refractivity contribution in [2.75, 3.05) is 6.54 Å². The lowest BCUT2D eigenvalue weighted by Gasteiger charge is -2.13. The molecule has 0 aliphatic carbocycles. The number of imidazole rings is 1. The average molecular weight is 441 g/mol. The van der Waals surface area contributed by atoms with Crippen molar-refractivity contribution < 1.29 is 4.79 Å². The van der Waals surface area contributed by atoms with E-state index in [-0.39, 0.29) is 11.5 Å². The largest absolute Gasteiger partial charge is 0.352 e. The topological polar surface area (TPSA) is 68.9 Å². The van der Waals surface area contributed by atoms with Crippen molar-refractivity contribution in [2.45, 2.75) is 33.7 Å². The zero-order chi connectivity index (χ0) is 23.4. The van der Waals surface area contributed by atoms with Gasteiger partial charge in [-0.1, -0.05) is 47.5 Å². The monoisotopic (exact) mass is 440 g/mol. The molecule has 0 atom stereocenters. The first kappa shape index (κ1) is 22.3. The Balaban J connectivity index is 1.40. The molecule has 6 heteroatoms. The third kappa shape index (κ3) is 5.29. The van der Waals surface area contributed by atoms with E-state index in [1.54, 1.807) is 10.6 Å². The molecule has 2 aromatic heterocycles. The number of rotatable bonds is 7. The number of aromatic nitrogens is 3. The Morgan fingerprint density at radius 1 is 0.970 bits per heavy atom. The number of nitrogens with one attached hydrogen (secondary N) is 1. The molecular weight excluding hydrogens is 412 g/mol. The third-order valence-corrected chi connectivity index (χ3v) is 5.67. The highest BCUT2D eigenvalue weighted by atomic mass is 16.2. The van der Waals surface area contributed by atoms with E-state index in [0.29, 0.717) is 24.2 Å². The van der Waals surface area contributed by atoms with Gasteiger partial charge >= 0.3 is 0 Å². The summed E-state index contributed by atoms with van der Waals surface area (Å²) in [7, 11) is 0. The van der Waals surface area contributed by atoms with Gasteiger partial charge in [-0.25, -0.2) is 4.98 Å². The summed E-state index contributed by atoms with van der Waals surface area (Å²) in [4.78, 5) is 29.7. The van der Waals surface area contributed by atoms with Crippen molar-refractivity contribution >= 4 is 5.91 Å². The molecule has 1 amide bonds. The number of pyridine rings is 1. The van der Waals surface area contributed by atoms with Gasteiger partial charge in [-0.05, 0) is 44.5 Å². The lowest BCUT2D eigenvalue weighted by atomic mass is 10.1. The fraction of sp³-hybridized carbons (Fsp3) is 0.222. The lowest BCUT2D eigenvalue weighted by molar-refractivity contribution is 0.0953. The minimum Gasteiger partial charge on any atom is -0.352 e. The molecule has 4 rings (SSSR count). The molecule has 0 saturated heterocycles. The quantitative estimate of drug-likeness (QED) is 0.473. The molecule has 4 aromatic rings. The second kappa shape index (κ2) is 9.69. The van der Waals surface area contributed by atoms with Gasteiger partial charge < -0.3 is 9.88 Å².